The number of hydrogen-bond donors (Lipinski definition) is 1. The number of aromatic nitrogens is 1. The molecule has 24 heavy (non-hydrogen) atoms. The Labute approximate surface area is 147 Å². The van der Waals surface area contributed by atoms with Gasteiger partial charge in [0.25, 0.3) is 0 Å². The third-order valence-electron chi connectivity index (χ3n) is 4.42. The zero-order chi connectivity index (χ0) is 17.9. The Morgan fingerprint density at radius 3 is 2.67 bits per heavy atom. The van der Waals surface area contributed by atoms with Gasteiger partial charge in [-0.15, -0.1) is 11.8 Å². The highest BCUT2D eigenvalue weighted by Gasteiger charge is 2.31. The van der Waals surface area contributed by atoms with Crippen molar-refractivity contribution in [3.8, 4) is 0 Å². The molecular formula is C18H24N2O3S. The van der Waals surface area contributed by atoms with Crippen molar-refractivity contribution in [2.24, 2.45) is 10.4 Å². The molecule has 0 aromatic carbocycles. The predicted molar refractivity (Wildman–Crippen MR) is 98.6 cm³/mol. The third kappa shape index (κ3) is 3.80. The van der Waals surface area contributed by atoms with Crippen LogP contribution in [0.5, 0.6) is 0 Å². The number of esters is 1. The molecule has 0 atom stereocenters. The molecule has 2 rings (SSSR count). The Bertz CT molecular complexity index is 714. The minimum absolute atomic E-state index is 0.0244. The van der Waals surface area contributed by atoms with Crippen molar-refractivity contribution in [2.45, 2.75) is 40.0 Å². The van der Waals surface area contributed by atoms with E-state index in [1.807, 2.05) is 19.3 Å². The molecule has 1 N–H and O–H groups in total. The molecule has 0 aliphatic carbocycles. The first kappa shape index (κ1) is 18.5. The summed E-state index contributed by atoms with van der Waals surface area (Å²) in [5.41, 5.74) is 4.24. The first-order valence-corrected chi connectivity index (χ1v) is 9.12. The molecule has 6 heteroatoms. The van der Waals surface area contributed by atoms with Crippen LogP contribution in [-0.4, -0.2) is 35.6 Å². The van der Waals surface area contributed by atoms with Gasteiger partial charge < -0.3 is 9.72 Å². The second-order valence-corrected chi connectivity index (χ2v) is 7.43. The second-order valence-electron chi connectivity index (χ2n) is 6.55. The SMILES string of the molecule is COC(=O)CCc1c(C=O)[nH]c(/C=C2\N=C(SC)CC2(C)C)c1C. The molecule has 0 bridgehead atoms. The molecule has 1 aromatic rings. The molecule has 0 amide bonds. The van der Waals surface area contributed by atoms with E-state index in [9.17, 15) is 9.59 Å². The molecule has 0 saturated heterocycles. The Balaban J connectivity index is 2.36. The average Bonchev–Trinajstić information content (AvgIpc) is 3.02. The summed E-state index contributed by atoms with van der Waals surface area (Å²) >= 11 is 1.67. The van der Waals surface area contributed by atoms with Gasteiger partial charge in [0.2, 0.25) is 0 Å². The van der Waals surface area contributed by atoms with Crippen LogP contribution in [0, 0.1) is 12.3 Å². The molecule has 0 radical (unpaired) electrons. The van der Waals surface area contributed by atoms with Crippen LogP contribution < -0.4 is 0 Å². The highest BCUT2D eigenvalue weighted by molar-refractivity contribution is 8.13. The zero-order valence-electron chi connectivity index (χ0n) is 14.9. The van der Waals surface area contributed by atoms with Crippen molar-refractivity contribution in [3.05, 3.63) is 28.2 Å². The smallest absolute Gasteiger partial charge is 0.305 e. The van der Waals surface area contributed by atoms with Crippen LogP contribution in [0.1, 0.15) is 54.0 Å². The summed E-state index contributed by atoms with van der Waals surface area (Å²) in [5.74, 6) is -0.279. The normalized spacial score (nSPS) is 17.9. The van der Waals surface area contributed by atoms with Gasteiger partial charge in [0.15, 0.2) is 6.29 Å². The second kappa shape index (κ2) is 7.38. The van der Waals surface area contributed by atoms with Crippen molar-refractivity contribution in [1.29, 1.82) is 0 Å². The summed E-state index contributed by atoms with van der Waals surface area (Å²) in [4.78, 5) is 30.6. The summed E-state index contributed by atoms with van der Waals surface area (Å²) in [6, 6.07) is 0. The predicted octanol–water partition coefficient (Wildman–Crippen LogP) is 3.77. The Hall–Kier alpha value is -1.82. The lowest BCUT2D eigenvalue weighted by Crippen LogP contribution is -2.09. The van der Waals surface area contributed by atoms with Gasteiger partial charge in [-0.25, -0.2) is 0 Å². The Morgan fingerprint density at radius 1 is 1.42 bits per heavy atom. The molecular weight excluding hydrogens is 324 g/mol. The average molecular weight is 348 g/mol. The van der Waals surface area contributed by atoms with Crippen molar-refractivity contribution in [1.82, 2.24) is 4.98 Å². The molecule has 130 valence electrons. The monoisotopic (exact) mass is 348 g/mol. The quantitative estimate of drug-likeness (QED) is 0.649. The van der Waals surface area contributed by atoms with Crippen molar-refractivity contribution in [2.75, 3.05) is 13.4 Å². The minimum atomic E-state index is -0.279. The standard InChI is InChI=1S/C18H24N2O3S/c1-11-12(6-7-17(22)23-4)14(10-21)19-13(11)8-15-18(2,3)9-16(20-15)24-5/h8,10,19H,6-7,9H2,1-5H3/b15-8-. The molecule has 0 fully saturated rings. The van der Waals surface area contributed by atoms with Crippen molar-refractivity contribution in [3.63, 3.8) is 0 Å². The van der Waals surface area contributed by atoms with Gasteiger partial charge >= 0.3 is 5.97 Å². The number of carbonyl (C=O) groups excluding carboxylic acids is 2. The summed E-state index contributed by atoms with van der Waals surface area (Å²) in [5, 5.41) is 1.12. The van der Waals surface area contributed by atoms with E-state index < -0.39 is 0 Å². The molecule has 1 aliphatic rings. The lowest BCUT2D eigenvalue weighted by atomic mass is 9.88. The van der Waals surface area contributed by atoms with Crippen LogP contribution in [0.4, 0.5) is 0 Å². The Kier molecular flexibility index (Phi) is 5.70. The Morgan fingerprint density at radius 2 is 2.12 bits per heavy atom. The molecule has 5 nitrogen and oxygen atoms in total. The maximum atomic E-state index is 11.4. The van der Waals surface area contributed by atoms with E-state index in [1.54, 1.807) is 11.8 Å². The first-order chi connectivity index (χ1) is 11.3. The van der Waals surface area contributed by atoms with E-state index >= 15 is 0 Å². The van der Waals surface area contributed by atoms with E-state index in [-0.39, 0.29) is 17.8 Å². The number of H-pyrrole nitrogens is 1. The fraction of sp³-hybridized carbons (Fsp3) is 0.500. The van der Waals surface area contributed by atoms with Gasteiger partial charge in [-0.05, 0) is 36.8 Å². The number of hydrogen-bond acceptors (Lipinski definition) is 5. The van der Waals surface area contributed by atoms with Crippen molar-refractivity contribution < 1.29 is 14.3 Å². The van der Waals surface area contributed by atoms with Gasteiger partial charge in [-0.3, -0.25) is 14.6 Å². The van der Waals surface area contributed by atoms with Gasteiger partial charge in [0.05, 0.1) is 17.8 Å². The van der Waals surface area contributed by atoms with Crippen LogP contribution >= 0.6 is 11.8 Å². The minimum Gasteiger partial charge on any atom is -0.469 e. The van der Waals surface area contributed by atoms with E-state index in [1.165, 1.54) is 7.11 Å². The zero-order valence-corrected chi connectivity index (χ0v) is 15.7. The molecule has 0 saturated carbocycles. The number of aldehydes is 1. The van der Waals surface area contributed by atoms with E-state index in [4.69, 9.17) is 4.99 Å². The highest BCUT2D eigenvalue weighted by Crippen LogP contribution is 2.41. The number of aromatic amines is 1. The van der Waals surface area contributed by atoms with Crippen LogP contribution in [0.15, 0.2) is 10.7 Å². The number of nitrogens with one attached hydrogen (secondary N) is 1. The van der Waals surface area contributed by atoms with E-state index in [0.717, 1.165) is 40.3 Å². The summed E-state index contributed by atoms with van der Waals surface area (Å²) in [7, 11) is 1.37. The number of methoxy groups -OCH3 is 1. The van der Waals surface area contributed by atoms with E-state index in [2.05, 4.69) is 23.6 Å². The number of allylic oxidation sites excluding steroid dienone is 1. The number of thioether (sulfide) groups is 1. The maximum absolute atomic E-state index is 11.4. The van der Waals surface area contributed by atoms with Crippen LogP contribution in [0.3, 0.4) is 0 Å². The highest BCUT2D eigenvalue weighted by atomic mass is 32.2. The van der Waals surface area contributed by atoms with Crippen LogP contribution in [0.2, 0.25) is 0 Å². The summed E-state index contributed by atoms with van der Waals surface area (Å²) in [6.45, 7) is 6.30. The number of aliphatic imine (C=N–C) groups is 1. The molecule has 0 spiro atoms. The molecule has 1 aromatic heterocycles. The third-order valence-corrected chi connectivity index (χ3v) is 5.13. The van der Waals surface area contributed by atoms with Crippen LogP contribution in [0.25, 0.3) is 6.08 Å². The summed E-state index contributed by atoms with van der Waals surface area (Å²) in [6.07, 6.45) is 6.52. The van der Waals surface area contributed by atoms with Gasteiger partial charge in [-0.2, -0.15) is 0 Å². The molecule has 2 heterocycles. The number of rotatable bonds is 5. The lowest BCUT2D eigenvalue weighted by Gasteiger charge is -2.17. The fourth-order valence-electron chi connectivity index (χ4n) is 2.85. The van der Waals surface area contributed by atoms with Crippen LogP contribution in [-0.2, 0) is 16.0 Å². The van der Waals surface area contributed by atoms with Crippen molar-refractivity contribution >= 4 is 35.1 Å². The van der Waals surface area contributed by atoms with E-state index in [0.29, 0.717) is 12.1 Å². The number of carbonyl (C=O) groups is 2. The van der Waals surface area contributed by atoms with Gasteiger partial charge in [-0.1, -0.05) is 13.8 Å². The first-order valence-electron chi connectivity index (χ1n) is 7.89. The summed E-state index contributed by atoms with van der Waals surface area (Å²) < 4.78 is 4.68. The molecule has 0 unspecified atom stereocenters. The fourth-order valence-corrected chi connectivity index (χ4v) is 3.55. The van der Waals surface area contributed by atoms with Gasteiger partial charge in [0, 0.05) is 29.6 Å². The molecule has 1 aliphatic heterocycles. The number of nitrogens with zero attached hydrogens (tertiary/aromatic N) is 1. The largest absolute Gasteiger partial charge is 0.469 e. The maximum Gasteiger partial charge on any atom is 0.305 e. The van der Waals surface area contributed by atoms with Gasteiger partial charge in [0.1, 0.15) is 0 Å². The lowest BCUT2D eigenvalue weighted by molar-refractivity contribution is -0.140. The topological polar surface area (TPSA) is 71.5 Å². The number of ether oxygens (including phenoxy) is 1.